The van der Waals surface area contributed by atoms with Gasteiger partial charge in [-0.05, 0) is 23.9 Å². The largest absolute Gasteiger partial charge is 0.512 e. The molecule has 3 rings (SSSR count). The molecule has 0 aliphatic carbocycles. The molecule has 0 unspecified atom stereocenters. The van der Waals surface area contributed by atoms with Crippen molar-refractivity contribution in [1.29, 1.82) is 0 Å². The SMILES string of the molecule is CC(C)(C)C(=O)/C=C(\O)C(C)(C)C.COc1ccc2nc(-c3[c-]cc(C)c(C)c3C)ccc2c1.[Ir]. The molecule has 35 heavy (non-hydrogen) atoms. The summed E-state index contributed by atoms with van der Waals surface area (Å²) in [6.07, 6.45) is 1.33. The predicted molar refractivity (Wildman–Crippen MR) is 141 cm³/mol. The van der Waals surface area contributed by atoms with Crippen LogP contribution in [0.15, 0.2) is 48.2 Å². The summed E-state index contributed by atoms with van der Waals surface area (Å²) < 4.78 is 5.25. The fourth-order valence-electron chi connectivity index (χ4n) is 3.07. The second kappa shape index (κ2) is 12.0. The molecule has 0 atom stereocenters. The third kappa shape index (κ3) is 8.02. The zero-order valence-electron chi connectivity index (χ0n) is 22.6. The van der Waals surface area contributed by atoms with Gasteiger partial charge in [-0.2, -0.15) is 0 Å². The number of benzene rings is 2. The van der Waals surface area contributed by atoms with Crippen LogP contribution in [0.5, 0.6) is 5.75 Å². The fourth-order valence-corrected chi connectivity index (χ4v) is 3.07. The van der Waals surface area contributed by atoms with Gasteiger partial charge in [0.25, 0.3) is 0 Å². The van der Waals surface area contributed by atoms with E-state index in [-0.39, 0.29) is 37.1 Å². The molecule has 3 aromatic rings. The number of rotatable bonds is 3. The number of aliphatic hydroxyl groups excluding tert-OH is 1. The number of pyridine rings is 1. The number of hydrogen-bond acceptors (Lipinski definition) is 4. The quantitative estimate of drug-likeness (QED) is 0.179. The Labute approximate surface area is 224 Å². The molecule has 0 saturated carbocycles. The van der Waals surface area contributed by atoms with Crippen molar-refractivity contribution in [3.63, 3.8) is 0 Å². The van der Waals surface area contributed by atoms with Gasteiger partial charge in [-0.1, -0.05) is 74.4 Å². The van der Waals surface area contributed by atoms with E-state index in [0.29, 0.717) is 0 Å². The number of aliphatic hydroxyl groups is 1. The zero-order chi connectivity index (χ0) is 25.8. The number of nitrogens with zero attached hydrogens (tertiary/aromatic N) is 1. The summed E-state index contributed by atoms with van der Waals surface area (Å²) in [6.45, 7) is 17.5. The van der Waals surface area contributed by atoms with E-state index in [1.54, 1.807) is 7.11 Å². The van der Waals surface area contributed by atoms with Crippen LogP contribution >= 0.6 is 0 Å². The van der Waals surface area contributed by atoms with E-state index in [1.165, 1.54) is 22.8 Å². The van der Waals surface area contributed by atoms with Gasteiger partial charge in [0, 0.05) is 42.4 Å². The minimum Gasteiger partial charge on any atom is -0.512 e. The number of aryl methyl sites for hydroxylation is 1. The summed E-state index contributed by atoms with van der Waals surface area (Å²) in [5.74, 6) is 0.957. The Bertz CT molecular complexity index is 1210. The van der Waals surface area contributed by atoms with Crippen molar-refractivity contribution in [3.05, 3.63) is 71.0 Å². The maximum Gasteiger partial charge on any atom is 0.164 e. The molecular formula is C30H38IrNO3-. The van der Waals surface area contributed by atoms with E-state index >= 15 is 0 Å². The van der Waals surface area contributed by atoms with Gasteiger partial charge in [0.15, 0.2) is 5.78 Å². The van der Waals surface area contributed by atoms with Gasteiger partial charge in [-0.25, -0.2) is 0 Å². The molecule has 0 aliphatic heterocycles. The molecule has 0 bridgehead atoms. The first-order valence-corrected chi connectivity index (χ1v) is 11.5. The summed E-state index contributed by atoms with van der Waals surface area (Å²) in [7, 11) is 1.68. The molecule has 1 heterocycles. The average molecular weight is 653 g/mol. The molecule has 0 amide bonds. The summed E-state index contributed by atoms with van der Waals surface area (Å²) in [6, 6.07) is 15.5. The van der Waals surface area contributed by atoms with Gasteiger partial charge in [-0.15, -0.1) is 34.4 Å². The molecule has 1 radical (unpaired) electrons. The number of methoxy groups -OCH3 is 1. The van der Waals surface area contributed by atoms with Crippen LogP contribution in [0.2, 0.25) is 0 Å². The predicted octanol–water partition coefficient (Wildman–Crippen LogP) is 7.72. The van der Waals surface area contributed by atoms with Crippen LogP contribution in [0.4, 0.5) is 0 Å². The normalized spacial score (nSPS) is 11.9. The van der Waals surface area contributed by atoms with Gasteiger partial charge in [0.1, 0.15) is 11.5 Å². The molecule has 1 aromatic heterocycles. The number of carbonyl (C=O) groups excluding carboxylic acids is 1. The van der Waals surface area contributed by atoms with Crippen molar-refractivity contribution in [2.24, 2.45) is 10.8 Å². The zero-order valence-corrected chi connectivity index (χ0v) is 25.0. The van der Waals surface area contributed by atoms with Crippen molar-refractivity contribution < 1.29 is 34.7 Å². The van der Waals surface area contributed by atoms with Gasteiger partial charge in [0.05, 0.1) is 12.6 Å². The minimum atomic E-state index is -0.417. The van der Waals surface area contributed by atoms with Crippen LogP contribution in [-0.2, 0) is 24.9 Å². The second-order valence-electron chi connectivity index (χ2n) is 10.7. The number of fused-ring (bicyclic) bond motifs is 1. The number of aromatic nitrogens is 1. The molecular weight excluding hydrogens is 615 g/mol. The maximum atomic E-state index is 11.5. The van der Waals surface area contributed by atoms with Crippen LogP contribution in [0.1, 0.15) is 58.2 Å². The van der Waals surface area contributed by atoms with Crippen molar-refractivity contribution in [2.75, 3.05) is 7.11 Å². The molecule has 2 aromatic carbocycles. The number of ether oxygens (including phenoxy) is 1. The first-order valence-electron chi connectivity index (χ1n) is 11.5. The molecule has 0 fully saturated rings. The molecule has 0 saturated heterocycles. The maximum absolute atomic E-state index is 11.5. The Morgan fingerprint density at radius 3 is 2.14 bits per heavy atom. The van der Waals surface area contributed by atoms with E-state index < -0.39 is 5.41 Å². The Hall–Kier alpha value is -2.49. The Kier molecular flexibility index (Phi) is 10.4. The van der Waals surface area contributed by atoms with Gasteiger partial charge < -0.3 is 9.84 Å². The molecule has 0 spiro atoms. The first-order chi connectivity index (χ1) is 15.6. The van der Waals surface area contributed by atoms with E-state index in [1.807, 2.05) is 65.8 Å². The fraction of sp³-hybridized carbons (Fsp3) is 0.400. The van der Waals surface area contributed by atoms with Crippen molar-refractivity contribution >= 4 is 16.7 Å². The molecule has 191 valence electrons. The van der Waals surface area contributed by atoms with Crippen molar-refractivity contribution in [1.82, 2.24) is 4.98 Å². The van der Waals surface area contributed by atoms with Crippen LogP contribution < -0.4 is 4.74 Å². The average Bonchev–Trinajstić information content (AvgIpc) is 2.76. The second-order valence-corrected chi connectivity index (χ2v) is 10.7. The summed E-state index contributed by atoms with van der Waals surface area (Å²) in [5, 5.41) is 10.6. The van der Waals surface area contributed by atoms with Gasteiger partial charge >= 0.3 is 0 Å². The number of allylic oxidation sites excluding steroid dienone is 2. The Morgan fingerprint density at radius 1 is 0.971 bits per heavy atom. The van der Waals surface area contributed by atoms with E-state index in [4.69, 9.17) is 9.72 Å². The molecule has 4 nitrogen and oxygen atoms in total. The molecule has 5 heteroatoms. The van der Waals surface area contributed by atoms with Crippen LogP contribution in [0.25, 0.3) is 22.2 Å². The molecule has 0 aliphatic rings. The van der Waals surface area contributed by atoms with Crippen molar-refractivity contribution in [3.8, 4) is 17.0 Å². The number of carbonyl (C=O) groups is 1. The number of hydrogen-bond donors (Lipinski definition) is 1. The van der Waals surface area contributed by atoms with Gasteiger partial charge in [0.2, 0.25) is 0 Å². The van der Waals surface area contributed by atoms with Crippen LogP contribution in [0, 0.1) is 37.7 Å². The number of ketones is 1. The van der Waals surface area contributed by atoms with E-state index in [2.05, 4.69) is 39.0 Å². The Balaban J connectivity index is 0.000000383. The standard InChI is InChI=1S/C19H18NO.C11H20O2.Ir/c1-12-5-8-17(14(3)13(12)2)19-9-6-15-11-16(21-4)7-10-18(15)20-19;1-10(2,3)8(12)7-9(13)11(4,5)6;/h5-7,9-11H,1-4H3;7,12H,1-6H3;/q-1;;/b;8-7-;. The van der Waals surface area contributed by atoms with Crippen molar-refractivity contribution in [2.45, 2.75) is 62.3 Å². The van der Waals surface area contributed by atoms with Crippen LogP contribution in [-0.4, -0.2) is 23.0 Å². The minimum absolute atomic E-state index is 0. The first kappa shape index (κ1) is 30.5. The summed E-state index contributed by atoms with van der Waals surface area (Å²) in [4.78, 5) is 16.3. The van der Waals surface area contributed by atoms with E-state index in [0.717, 1.165) is 27.9 Å². The Morgan fingerprint density at radius 2 is 1.60 bits per heavy atom. The summed E-state index contributed by atoms with van der Waals surface area (Å²) in [5.41, 5.74) is 6.07. The summed E-state index contributed by atoms with van der Waals surface area (Å²) >= 11 is 0. The van der Waals surface area contributed by atoms with Crippen LogP contribution in [0.3, 0.4) is 0 Å². The smallest absolute Gasteiger partial charge is 0.164 e. The van der Waals surface area contributed by atoms with E-state index in [9.17, 15) is 9.90 Å². The van der Waals surface area contributed by atoms with Gasteiger partial charge in [-0.3, -0.25) is 9.78 Å². The third-order valence-corrected chi connectivity index (χ3v) is 5.89. The third-order valence-electron chi connectivity index (χ3n) is 5.89. The monoisotopic (exact) mass is 653 g/mol. The molecule has 1 N–H and O–H groups in total. The topological polar surface area (TPSA) is 59.4 Å².